The number of rotatable bonds is 5. The Balaban J connectivity index is 2.20. The van der Waals surface area contributed by atoms with Crippen LogP contribution in [-0.2, 0) is 9.53 Å². The van der Waals surface area contributed by atoms with Crippen molar-refractivity contribution < 1.29 is 14.3 Å². The van der Waals surface area contributed by atoms with Gasteiger partial charge in [0, 0.05) is 0 Å². The molecule has 0 unspecified atom stereocenters. The second-order valence-electron chi connectivity index (χ2n) is 5.53. The van der Waals surface area contributed by atoms with Gasteiger partial charge in [-0.15, -0.1) is 0 Å². The van der Waals surface area contributed by atoms with Gasteiger partial charge in [-0.1, -0.05) is 23.9 Å². The number of thioether (sulfide) groups is 1. The van der Waals surface area contributed by atoms with E-state index in [1.165, 1.54) is 23.4 Å². The van der Waals surface area contributed by atoms with Crippen LogP contribution in [0, 0.1) is 0 Å². The molecular formula is C19H18N2O4S. The number of benzene rings is 2. The van der Waals surface area contributed by atoms with Crippen LogP contribution >= 0.6 is 11.8 Å². The van der Waals surface area contributed by atoms with E-state index in [1.54, 1.807) is 56.5 Å². The van der Waals surface area contributed by atoms with E-state index in [1.807, 2.05) is 6.07 Å². The zero-order valence-corrected chi connectivity index (χ0v) is 15.4. The minimum absolute atomic E-state index is 0.194. The first-order valence-electron chi connectivity index (χ1n) is 7.96. The first-order chi connectivity index (χ1) is 12.5. The SMILES string of the molecule is COC(=O)[C@H](C)Sc1nc2ccccc2c(=O)n1-c1ccc(OC)cc1. The fourth-order valence-electron chi connectivity index (χ4n) is 2.52. The van der Waals surface area contributed by atoms with Crippen LogP contribution in [0.4, 0.5) is 0 Å². The maximum atomic E-state index is 13.1. The highest BCUT2D eigenvalue weighted by molar-refractivity contribution is 8.00. The van der Waals surface area contributed by atoms with Crippen LogP contribution in [0.1, 0.15) is 6.92 Å². The van der Waals surface area contributed by atoms with E-state index in [2.05, 4.69) is 4.98 Å². The Kier molecular flexibility index (Phi) is 5.27. The molecule has 0 saturated heterocycles. The van der Waals surface area contributed by atoms with Gasteiger partial charge in [0.2, 0.25) is 0 Å². The van der Waals surface area contributed by atoms with Gasteiger partial charge in [0.1, 0.15) is 11.0 Å². The number of carbonyl (C=O) groups is 1. The Labute approximate surface area is 154 Å². The number of ether oxygens (including phenoxy) is 2. The molecule has 2 aromatic carbocycles. The molecule has 134 valence electrons. The van der Waals surface area contributed by atoms with Crippen molar-refractivity contribution in [1.29, 1.82) is 0 Å². The smallest absolute Gasteiger partial charge is 0.318 e. The summed E-state index contributed by atoms with van der Waals surface area (Å²) in [7, 11) is 2.92. The molecule has 0 aliphatic heterocycles. The molecular weight excluding hydrogens is 352 g/mol. The summed E-state index contributed by atoms with van der Waals surface area (Å²) in [4.78, 5) is 29.5. The van der Waals surface area contributed by atoms with E-state index >= 15 is 0 Å². The molecule has 0 aliphatic carbocycles. The number of nitrogens with zero attached hydrogens (tertiary/aromatic N) is 2. The average molecular weight is 370 g/mol. The summed E-state index contributed by atoms with van der Waals surface area (Å²) in [6, 6.07) is 14.3. The molecule has 0 saturated carbocycles. The van der Waals surface area contributed by atoms with Crippen molar-refractivity contribution in [2.45, 2.75) is 17.3 Å². The topological polar surface area (TPSA) is 70.4 Å². The molecule has 0 spiro atoms. The maximum absolute atomic E-state index is 13.1. The summed E-state index contributed by atoms with van der Waals surface area (Å²) in [5, 5.41) is 0.438. The lowest BCUT2D eigenvalue weighted by atomic mass is 10.2. The first kappa shape index (κ1) is 18.0. The minimum atomic E-state index is -0.502. The van der Waals surface area contributed by atoms with E-state index in [-0.39, 0.29) is 11.5 Å². The Morgan fingerprint density at radius 1 is 1.12 bits per heavy atom. The molecule has 0 amide bonds. The minimum Gasteiger partial charge on any atom is -0.497 e. The molecule has 1 atom stereocenters. The second kappa shape index (κ2) is 7.61. The van der Waals surface area contributed by atoms with E-state index in [9.17, 15) is 9.59 Å². The van der Waals surface area contributed by atoms with Crippen molar-refractivity contribution >= 4 is 28.6 Å². The lowest BCUT2D eigenvalue weighted by molar-refractivity contribution is -0.139. The predicted molar refractivity (Wildman–Crippen MR) is 101 cm³/mol. The van der Waals surface area contributed by atoms with Crippen molar-refractivity contribution in [1.82, 2.24) is 9.55 Å². The molecule has 6 nitrogen and oxygen atoms in total. The fraction of sp³-hybridized carbons (Fsp3) is 0.211. The molecule has 0 aliphatic rings. The van der Waals surface area contributed by atoms with Crippen LogP contribution in [0.25, 0.3) is 16.6 Å². The van der Waals surface area contributed by atoms with Crippen molar-refractivity contribution in [2.75, 3.05) is 14.2 Å². The monoisotopic (exact) mass is 370 g/mol. The fourth-order valence-corrected chi connectivity index (χ4v) is 3.48. The highest BCUT2D eigenvalue weighted by Crippen LogP contribution is 2.26. The van der Waals surface area contributed by atoms with Crippen LogP contribution in [0.15, 0.2) is 58.5 Å². The Morgan fingerprint density at radius 2 is 1.81 bits per heavy atom. The Hall–Kier alpha value is -2.80. The van der Waals surface area contributed by atoms with Crippen LogP contribution in [0.2, 0.25) is 0 Å². The molecule has 3 aromatic rings. The Bertz CT molecular complexity index is 999. The summed E-state index contributed by atoms with van der Waals surface area (Å²) in [6.07, 6.45) is 0. The molecule has 0 radical (unpaired) electrons. The third-order valence-corrected chi connectivity index (χ3v) is 4.92. The van der Waals surface area contributed by atoms with Gasteiger partial charge in [-0.2, -0.15) is 0 Å². The molecule has 0 fully saturated rings. The van der Waals surface area contributed by atoms with Crippen molar-refractivity contribution in [2.24, 2.45) is 0 Å². The molecule has 3 rings (SSSR count). The quantitative estimate of drug-likeness (QED) is 0.391. The number of esters is 1. The predicted octanol–water partition coefficient (Wildman–Crippen LogP) is 3.05. The number of methoxy groups -OCH3 is 2. The van der Waals surface area contributed by atoms with Crippen molar-refractivity contribution in [3.8, 4) is 11.4 Å². The summed E-state index contributed by atoms with van der Waals surface area (Å²) in [5.74, 6) is 0.311. The normalized spacial score (nSPS) is 12.0. The van der Waals surface area contributed by atoms with Crippen molar-refractivity contribution in [3.63, 3.8) is 0 Å². The van der Waals surface area contributed by atoms with Gasteiger partial charge in [-0.3, -0.25) is 14.2 Å². The van der Waals surface area contributed by atoms with Gasteiger partial charge < -0.3 is 9.47 Å². The first-order valence-corrected chi connectivity index (χ1v) is 8.84. The number of fused-ring (bicyclic) bond motifs is 1. The lowest BCUT2D eigenvalue weighted by Gasteiger charge is -2.15. The van der Waals surface area contributed by atoms with E-state index in [4.69, 9.17) is 9.47 Å². The maximum Gasteiger partial charge on any atom is 0.318 e. The van der Waals surface area contributed by atoms with Gasteiger partial charge in [0.15, 0.2) is 5.16 Å². The van der Waals surface area contributed by atoms with Crippen LogP contribution in [0.5, 0.6) is 5.75 Å². The summed E-state index contributed by atoms with van der Waals surface area (Å²) in [5.41, 5.74) is 1.04. The van der Waals surface area contributed by atoms with Crippen molar-refractivity contribution in [3.05, 3.63) is 58.9 Å². The zero-order valence-electron chi connectivity index (χ0n) is 14.6. The van der Waals surface area contributed by atoms with Crippen LogP contribution < -0.4 is 10.3 Å². The number of carbonyl (C=O) groups excluding carboxylic acids is 1. The third-order valence-electron chi connectivity index (χ3n) is 3.89. The Morgan fingerprint density at radius 3 is 2.46 bits per heavy atom. The van der Waals surface area contributed by atoms with E-state index < -0.39 is 5.25 Å². The third kappa shape index (κ3) is 3.43. The van der Waals surface area contributed by atoms with Gasteiger partial charge in [-0.25, -0.2) is 4.98 Å². The summed E-state index contributed by atoms with van der Waals surface area (Å²) < 4.78 is 11.5. The highest BCUT2D eigenvalue weighted by atomic mass is 32.2. The largest absolute Gasteiger partial charge is 0.497 e. The molecule has 1 heterocycles. The molecule has 7 heteroatoms. The highest BCUT2D eigenvalue weighted by Gasteiger charge is 2.20. The standard InChI is InChI=1S/C19H18N2O4S/c1-12(18(23)25-3)26-19-20-16-7-5-4-6-15(16)17(22)21(19)13-8-10-14(24-2)11-9-13/h4-12H,1-3H3/t12-/m0/s1. The van der Waals surface area contributed by atoms with Gasteiger partial charge in [0.25, 0.3) is 5.56 Å². The van der Waals surface area contributed by atoms with Gasteiger partial charge >= 0.3 is 5.97 Å². The number of hydrogen-bond acceptors (Lipinski definition) is 6. The summed E-state index contributed by atoms with van der Waals surface area (Å²) >= 11 is 1.18. The van der Waals surface area contributed by atoms with E-state index in [0.29, 0.717) is 27.5 Å². The number of hydrogen-bond donors (Lipinski definition) is 0. The number of aromatic nitrogens is 2. The molecule has 0 N–H and O–H groups in total. The van der Waals surface area contributed by atoms with Gasteiger partial charge in [0.05, 0.1) is 30.8 Å². The zero-order chi connectivity index (χ0) is 18.7. The molecule has 26 heavy (non-hydrogen) atoms. The van der Waals surface area contributed by atoms with E-state index in [0.717, 1.165) is 0 Å². The molecule has 1 aromatic heterocycles. The number of para-hydroxylation sites is 1. The van der Waals surface area contributed by atoms with Crippen LogP contribution in [-0.4, -0.2) is 35.0 Å². The summed E-state index contributed by atoms with van der Waals surface area (Å²) in [6.45, 7) is 1.72. The van der Waals surface area contributed by atoms with Crippen LogP contribution in [0.3, 0.4) is 0 Å². The van der Waals surface area contributed by atoms with Gasteiger partial charge in [-0.05, 0) is 43.3 Å². The lowest BCUT2D eigenvalue weighted by Crippen LogP contribution is -2.24. The average Bonchev–Trinajstić information content (AvgIpc) is 2.67. The second-order valence-corrected chi connectivity index (χ2v) is 6.84. The molecule has 0 bridgehead atoms.